The molecule has 8 heteroatoms. The second kappa shape index (κ2) is 7.83. The maximum Gasteiger partial charge on any atom is 0.266 e. The number of hydrogen-bond acceptors (Lipinski definition) is 5. The summed E-state index contributed by atoms with van der Waals surface area (Å²) in [6.45, 7) is 3.75. The van der Waals surface area contributed by atoms with E-state index >= 15 is 0 Å². The summed E-state index contributed by atoms with van der Waals surface area (Å²) in [6, 6.07) is 17.3. The molecular formula is C25H19N5O3. The molecule has 1 aliphatic heterocycles. The highest BCUT2D eigenvalue weighted by Gasteiger charge is 2.37. The molecule has 0 spiro atoms. The Morgan fingerprint density at radius 1 is 0.909 bits per heavy atom. The van der Waals surface area contributed by atoms with Crippen molar-refractivity contribution in [3.05, 3.63) is 94.8 Å². The normalized spacial score (nSPS) is 12.7. The zero-order valence-corrected chi connectivity index (χ0v) is 17.9. The van der Waals surface area contributed by atoms with Crippen LogP contribution in [0.5, 0.6) is 0 Å². The van der Waals surface area contributed by atoms with Gasteiger partial charge in [0, 0.05) is 11.1 Å². The van der Waals surface area contributed by atoms with Crippen LogP contribution in [0, 0.1) is 13.8 Å². The fourth-order valence-corrected chi connectivity index (χ4v) is 3.89. The molecule has 1 aliphatic rings. The number of carbonyl (C=O) groups is 3. The Morgan fingerprint density at radius 3 is 2.48 bits per heavy atom. The van der Waals surface area contributed by atoms with Gasteiger partial charge in [-0.25, -0.2) is 9.88 Å². The third-order valence-electron chi connectivity index (χ3n) is 5.60. The summed E-state index contributed by atoms with van der Waals surface area (Å²) in [4.78, 5) is 44.5. The van der Waals surface area contributed by atoms with Crippen molar-refractivity contribution in [2.45, 2.75) is 13.8 Å². The van der Waals surface area contributed by atoms with Gasteiger partial charge in [-0.3, -0.25) is 19.5 Å². The summed E-state index contributed by atoms with van der Waals surface area (Å²) < 4.78 is 0. The lowest BCUT2D eigenvalue weighted by Gasteiger charge is -2.17. The Labute approximate surface area is 189 Å². The van der Waals surface area contributed by atoms with Gasteiger partial charge in [0.25, 0.3) is 17.7 Å². The molecule has 1 aromatic heterocycles. The van der Waals surface area contributed by atoms with E-state index in [9.17, 15) is 14.4 Å². The summed E-state index contributed by atoms with van der Waals surface area (Å²) in [7, 11) is 0. The summed E-state index contributed by atoms with van der Waals surface area (Å²) >= 11 is 0. The number of nitrogens with one attached hydrogen (secondary N) is 2. The van der Waals surface area contributed by atoms with Crippen LogP contribution in [-0.4, -0.2) is 32.9 Å². The number of anilines is 2. The number of hydrogen-bond donors (Lipinski definition) is 2. The molecule has 2 heterocycles. The number of carbonyl (C=O) groups excluding carboxylic acids is 3. The quantitative estimate of drug-likeness (QED) is 0.467. The number of aromatic amines is 1. The smallest absolute Gasteiger partial charge is 0.266 e. The fourth-order valence-electron chi connectivity index (χ4n) is 3.89. The second-order valence-electron chi connectivity index (χ2n) is 7.83. The molecule has 0 saturated heterocycles. The lowest BCUT2D eigenvalue weighted by Crippen LogP contribution is -2.30. The molecule has 0 radical (unpaired) electrons. The lowest BCUT2D eigenvalue weighted by atomic mass is 10.0. The third-order valence-corrected chi connectivity index (χ3v) is 5.60. The molecule has 2 N–H and O–H groups in total. The van der Waals surface area contributed by atoms with Gasteiger partial charge in [0.2, 0.25) is 0 Å². The van der Waals surface area contributed by atoms with Crippen molar-refractivity contribution in [3.8, 4) is 11.4 Å². The van der Waals surface area contributed by atoms with Gasteiger partial charge in [-0.15, -0.1) is 0 Å². The molecule has 0 aliphatic carbocycles. The maximum absolute atomic E-state index is 13.2. The van der Waals surface area contributed by atoms with E-state index in [1.54, 1.807) is 18.2 Å². The molecule has 0 fully saturated rings. The topological polar surface area (TPSA) is 108 Å². The molecule has 8 nitrogen and oxygen atoms in total. The number of imide groups is 1. The molecule has 162 valence electrons. The highest BCUT2D eigenvalue weighted by molar-refractivity contribution is 6.35. The lowest BCUT2D eigenvalue weighted by molar-refractivity contribution is 0.0925. The first-order valence-corrected chi connectivity index (χ1v) is 10.3. The van der Waals surface area contributed by atoms with Crippen LogP contribution >= 0.6 is 0 Å². The number of nitrogens with zero attached hydrogens (tertiary/aromatic N) is 3. The minimum atomic E-state index is -0.444. The summed E-state index contributed by atoms with van der Waals surface area (Å²) in [5, 5.41) is 9.49. The van der Waals surface area contributed by atoms with Crippen LogP contribution in [0.15, 0.2) is 67.0 Å². The zero-order valence-electron chi connectivity index (χ0n) is 17.9. The van der Waals surface area contributed by atoms with E-state index in [1.165, 1.54) is 23.4 Å². The van der Waals surface area contributed by atoms with E-state index in [4.69, 9.17) is 0 Å². The Balaban J connectivity index is 1.46. The molecular weight excluding hydrogens is 418 g/mol. The van der Waals surface area contributed by atoms with Crippen molar-refractivity contribution in [2.75, 3.05) is 10.2 Å². The van der Waals surface area contributed by atoms with Gasteiger partial charge in [0.05, 0.1) is 22.5 Å². The predicted octanol–water partition coefficient (Wildman–Crippen LogP) is 4.14. The van der Waals surface area contributed by atoms with E-state index < -0.39 is 17.7 Å². The van der Waals surface area contributed by atoms with Gasteiger partial charge in [-0.05, 0) is 61.4 Å². The first kappa shape index (κ1) is 20.3. The van der Waals surface area contributed by atoms with Crippen molar-refractivity contribution in [2.24, 2.45) is 0 Å². The van der Waals surface area contributed by atoms with Gasteiger partial charge in [0.1, 0.15) is 6.33 Å². The number of aryl methyl sites for hydroxylation is 2. The van der Waals surface area contributed by atoms with E-state index in [1.807, 2.05) is 44.2 Å². The monoisotopic (exact) mass is 437 g/mol. The number of amides is 3. The van der Waals surface area contributed by atoms with E-state index in [0.717, 1.165) is 11.1 Å². The molecule has 33 heavy (non-hydrogen) atoms. The zero-order chi connectivity index (χ0) is 23.1. The molecule has 0 atom stereocenters. The molecule has 3 aromatic carbocycles. The number of fused-ring (bicyclic) bond motifs is 1. The third kappa shape index (κ3) is 3.47. The number of para-hydroxylation sites is 1. The van der Waals surface area contributed by atoms with Crippen molar-refractivity contribution < 1.29 is 14.4 Å². The van der Waals surface area contributed by atoms with Gasteiger partial charge in [-0.2, -0.15) is 5.10 Å². The summed E-state index contributed by atoms with van der Waals surface area (Å²) in [6.07, 6.45) is 1.39. The summed E-state index contributed by atoms with van der Waals surface area (Å²) in [5.41, 5.74) is 4.28. The van der Waals surface area contributed by atoms with Crippen LogP contribution < -0.4 is 10.2 Å². The van der Waals surface area contributed by atoms with E-state index in [0.29, 0.717) is 22.8 Å². The van der Waals surface area contributed by atoms with Crippen LogP contribution in [0.2, 0.25) is 0 Å². The van der Waals surface area contributed by atoms with Gasteiger partial charge in [-0.1, -0.05) is 24.3 Å². The van der Waals surface area contributed by atoms with Gasteiger partial charge >= 0.3 is 0 Å². The Bertz CT molecular complexity index is 1430. The predicted molar refractivity (Wildman–Crippen MR) is 123 cm³/mol. The van der Waals surface area contributed by atoms with Crippen molar-refractivity contribution in [1.29, 1.82) is 0 Å². The fraction of sp³-hybridized carbons (Fsp3) is 0.0800. The number of aromatic nitrogens is 3. The number of benzene rings is 3. The van der Waals surface area contributed by atoms with Crippen LogP contribution in [0.4, 0.5) is 11.4 Å². The van der Waals surface area contributed by atoms with Crippen molar-refractivity contribution in [1.82, 2.24) is 15.2 Å². The number of rotatable bonds is 4. The standard InChI is InChI=1S/C25H19N5O3/c1-14-7-8-15(2)21(11-14)30-24(32)17-10-9-16(12-19(17)25(30)33)23(31)28-20-6-4-3-5-18(20)22-26-13-27-29-22/h3-13H,1-2H3,(H,28,31)(H,26,27,29). The maximum atomic E-state index is 13.2. The van der Waals surface area contributed by atoms with E-state index in [-0.39, 0.29) is 16.7 Å². The van der Waals surface area contributed by atoms with Gasteiger partial charge < -0.3 is 5.32 Å². The molecule has 3 amide bonds. The second-order valence-corrected chi connectivity index (χ2v) is 7.83. The van der Waals surface area contributed by atoms with Crippen LogP contribution in [0.1, 0.15) is 42.2 Å². The van der Waals surface area contributed by atoms with E-state index in [2.05, 4.69) is 20.5 Å². The Kier molecular flexibility index (Phi) is 4.82. The van der Waals surface area contributed by atoms with Crippen LogP contribution in [0.3, 0.4) is 0 Å². The first-order valence-electron chi connectivity index (χ1n) is 10.3. The largest absolute Gasteiger partial charge is 0.321 e. The Hall–Kier alpha value is -4.59. The molecule has 0 unspecified atom stereocenters. The highest BCUT2D eigenvalue weighted by Crippen LogP contribution is 2.32. The van der Waals surface area contributed by atoms with Crippen molar-refractivity contribution in [3.63, 3.8) is 0 Å². The van der Waals surface area contributed by atoms with Gasteiger partial charge in [0.15, 0.2) is 5.82 Å². The average Bonchev–Trinajstić information content (AvgIpc) is 3.43. The Morgan fingerprint density at radius 2 is 1.70 bits per heavy atom. The van der Waals surface area contributed by atoms with Crippen LogP contribution in [0.25, 0.3) is 11.4 Å². The highest BCUT2D eigenvalue weighted by atomic mass is 16.2. The molecule has 5 rings (SSSR count). The molecule has 0 bridgehead atoms. The molecule has 4 aromatic rings. The minimum absolute atomic E-state index is 0.206. The average molecular weight is 437 g/mol. The minimum Gasteiger partial charge on any atom is -0.321 e. The number of H-pyrrole nitrogens is 1. The first-order chi connectivity index (χ1) is 15.9. The SMILES string of the molecule is Cc1ccc(C)c(N2C(=O)c3ccc(C(=O)Nc4ccccc4-c4ncn[nH]4)cc3C2=O)c1. The van der Waals surface area contributed by atoms with Crippen molar-refractivity contribution >= 4 is 29.1 Å². The summed E-state index contributed by atoms with van der Waals surface area (Å²) in [5.74, 6) is -0.730. The molecule has 0 saturated carbocycles. The van der Waals surface area contributed by atoms with Crippen LogP contribution in [-0.2, 0) is 0 Å².